The van der Waals surface area contributed by atoms with E-state index in [1.165, 1.54) is 18.4 Å². The van der Waals surface area contributed by atoms with Gasteiger partial charge < -0.3 is 20.5 Å². The molecule has 1 aliphatic heterocycles. The van der Waals surface area contributed by atoms with Crippen molar-refractivity contribution < 1.29 is 9.84 Å². The summed E-state index contributed by atoms with van der Waals surface area (Å²) < 4.78 is 5.35. The molecule has 1 aromatic carbocycles. The summed E-state index contributed by atoms with van der Waals surface area (Å²) in [4.78, 5) is 4.67. The van der Waals surface area contributed by atoms with Gasteiger partial charge in [0.2, 0.25) is 0 Å². The Hall–Kier alpha value is -1.59. The number of hydrogen-bond acceptors (Lipinski definition) is 3. The second-order valence-electron chi connectivity index (χ2n) is 7.64. The van der Waals surface area contributed by atoms with Crippen LogP contribution in [0, 0.1) is 0 Å². The van der Waals surface area contributed by atoms with E-state index in [2.05, 4.69) is 52.9 Å². The maximum atomic E-state index is 10.6. The minimum absolute atomic E-state index is 0.436. The van der Waals surface area contributed by atoms with E-state index < -0.39 is 5.60 Å². The van der Waals surface area contributed by atoms with E-state index in [-0.39, 0.29) is 0 Å². The smallest absolute Gasteiger partial charge is 0.191 e. The number of aliphatic imine (C=N–C) groups is 1. The van der Waals surface area contributed by atoms with E-state index in [1.807, 2.05) is 0 Å². The highest BCUT2D eigenvalue weighted by atomic mass is 16.5. The first kappa shape index (κ1) is 19.2. The van der Waals surface area contributed by atoms with Crippen molar-refractivity contribution >= 4 is 5.96 Å². The zero-order chi connectivity index (χ0) is 18.2. The maximum Gasteiger partial charge on any atom is 0.191 e. The van der Waals surface area contributed by atoms with E-state index in [0.29, 0.717) is 44.6 Å². The molecule has 0 amide bonds. The molecule has 0 atom stereocenters. The lowest BCUT2D eigenvalue weighted by molar-refractivity contribution is -0.0566. The highest BCUT2D eigenvalue weighted by molar-refractivity contribution is 5.80. The number of guanidine groups is 1. The predicted octanol–water partition coefficient (Wildman–Crippen LogP) is 2.81. The number of nitrogens with one attached hydrogen (secondary N) is 2. The minimum atomic E-state index is -0.717. The van der Waals surface area contributed by atoms with E-state index in [4.69, 9.17) is 4.74 Å². The van der Waals surface area contributed by atoms with Gasteiger partial charge >= 0.3 is 0 Å². The summed E-state index contributed by atoms with van der Waals surface area (Å²) in [5, 5.41) is 17.5. The second-order valence-corrected chi connectivity index (χ2v) is 7.64. The Labute approximate surface area is 157 Å². The molecule has 26 heavy (non-hydrogen) atoms. The van der Waals surface area contributed by atoms with E-state index in [1.54, 1.807) is 0 Å². The van der Waals surface area contributed by atoms with Crippen molar-refractivity contribution in [1.82, 2.24) is 10.6 Å². The van der Waals surface area contributed by atoms with Gasteiger partial charge in [0.1, 0.15) is 0 Å². The molecule has 0 unspecified atom stereocenters. The van der Waals surface area contributed by atoms with E-state index in [9.17, 15) is 5.11 Å². The molecular formula is C21H33N3O2. The van der Waals surface area contributed by atoms with Crippen LogP contribution in [0.25, 0.3) is 0 Å². The molecule has 1 aromatic rings. The van der Waals surface area contributed by atoms with Gasteiger partial charge in [-0.3, -0.25) is 4.99 Å². The molecule has 5 heteroatoms. The Morgan fingerprint density at radius 1 is 1.15 bits per heavy atom. The summed E-state index contributed by atoms with van der Waals surface area (Å²) in [5.74, 6) is 1.51. The third-order valence-corrected chi connectivity index (χ3v) is 5.64. The van der Waals surface area contributed by atoms with Crippen LogP contribution >= 0.6 is 0 Å². The highest BCUT2D eigenvalue weighted by Gasteiger charge is 2.30. The third-order valence-electron chi connectivity index (χ3n) is 5.64. The van der Waals surface area contributed by atoms with Crippen LogP contribution in [0.4, 0.5) is 0 Å². The van der Waals surface area contributed by atoms with E-state index in [0.717, 1.165) is 25.3 Å². The summed E-state index contributed by atoms with van der Waals surface area (Å²) in [6.07, 6.45) is 6.06. The summed E-state index contributed by atoms with van der Waals surface area (Å²) in [6, 6.07) is 11.3. The van der Waals surface area contributed by atoms with Crippen molar-refractivity contribution in [2.75, 3.05) is 26.3 Å². The van der Waals surface area contributed by atoms with E-state index >= 15 is 0 Å². The largest absolute Gasteiger partial charge is 0.388 e. The Kier molecular flexibility index (Phi) is 6.92. The number of benzene rings is 1. The molecule has 0 radical (unpaired) electrons. The van der Waals surface area contributed by atoms with Gasteiger partial charge in [0.15, 0.2) is 5.96 Å². The maximum absolute atomic E-state index is 10.6. The minimum Gasteiger partial charge on any atom is -0.388 e. The molecule has 1 aliphatic carbocycles. The Balaban J connectivity index is 1.51. The average Bonchev–Trinajstić information content (AvgIpc) is 2.68. The standard InChI is InChI=1S/C21H33N3O2/c1-2-22-20(23-16-21(25)12-14-26-15-13-21)24-19-10-8-18(9-11-19)17-6-4-3-5-7-17/h3-7,18-19,25H,2,8-16H2,1H3,(H2,22,23,24). The molecule has 144 valence electrons. The Morgan fingerprint density at radius 2 is 1.85 bits per heavy atom. The zero-order valence-electron chi connectivity index (χ0n) is 15.9. The lowest BCUT2D eigenvalue weighted by Gasteiger charge is -2.32. The molecule has 5 nitrogen and oxygen atoms in total. The topological polar surface area (TPSA) is 65.9 Å². The molecule has 1 saturated heterocycles. The normalized spacial score (nSPS) is 26.3. The molecular weight excluding hydrogens is 326 g/mol. The molecule has 2 fully saturated rings. The molecule has 0 spiro atoms. The fourth-order valence-electron chi connectivity index (χ4n) is 3.95. The molecule has 0 aromatic heterocycles. The summed E-state index contributed by atoms with van der Waals surface area (Å²) >= 11 is 0. The van der Waals surface area contributed by atoms with Gasteiger partial charge in [0.05, 0.1) is 12.1 Å². The number of aliphatic hydroxyl groups is 1. The highest BCUT2D eigenvalue weighted by Crippen LogP contribution is 2.32. The molecule has 3 rings (SSSR count). The SMILES string of the molecule is CCNC(=NCC1(O)CCOCC1)NC1CCC(c2ccccc2)CC1. The van der Waals surface area contributed by atoms with Gasteiger partial charge in [-0.25, -0.2) is 0 Å². The molecule has 1 heterocycles. The lowest BCUT2D eigenvalue weighted by atomic mass is 9.82. The number of hydrogen-bond donors (Lipinski definition) is 3. The lowest BCUT2D eigenvalue weighted by Crippen LogP contribution is -2.46. The first-order chi connectivity index (χ1) is 12.7. The molecule has 0 bridgehead atoms. The summed E-state index contributed by atoms with van der Waals surface area (Å²) in [6.45, 7) is 4.59. The number of ether oxygens (including phenoxy) is 1. The fraction of sp³-hybridized carbons (Fsp3) is 0.667. The monoisotopic (exact) mass is 359 g/mol. The van der Waals surface area contributed by atoms with Crippen molar-refractivity contribution in [2.24, 2.45) is 4.99 Å². The van der Waals surface area contributed by atoms with Gasteiger partial charge in [-0.05, 0) is 44.1 Å². The van der Waals surface area contributed by atoms with Gasteiger partial charge in [-0.1, -0.05) is 30.3 Å². The van der Waals surface area contributed by atoms with Crippen molar-refractivity contribution in [3.8, 4) is 0 Å². The predicted molar refractivity (Wildman–Crippen MR) is 106 cm³/mol. The summed E-state index contributed by atoms with van der Waals surface area (Å²) in [5.41, 5.74) is 0.749. The van der Waals surface area contributed by atoms with Crippen LogP contribution in [0.3, 0.4) is 0 Å². The van der Waals surface area contributed by atoms with Gasteiger partial charge in [0.25, 0.3) is 0 Å². The van der Waals surface area contributed by atoms with Crippen LogP contribution in [0.2, 0.25) is 0 Å². The quantitative estimate of drug-likeness (QED) is 0.559. The van der Waals surface area contributed by atoms with Crippen molar-refractivity contribution in [2.45, 2.75) is 63.0 Å². The summed E-state index contributed by atoms with van der Waals surface area (Å²) in [7, 11) is 0. The third kappa shape index (κ3) is 5.45. The van der Waals surface area contributed by atoms with Gasteiger partial charge in [0, 0.05) is 38.6 Å². The molecule has 3 N–H and O–H groups in total. The number of rotatable bonds is 5. The Bertz CT molecular complexity index is 562. The molecule has 1 saturated carbocycles. The first-order valence-electron chi connectivity index (χ1n) is 10.1. The van der Waals surface area contributed by atoms with Crippen LogP contribution in [0.5, 0.6) is 0 Å². The van der Waals surface area contributed by atoms with Crippen LogP contribution in [0.1, 0.15) is 56.9 Å². The van der Waals surface area contributed by atoms with Crippen molar-refractivity contribution in [3.05, 3.63) is 35.9 Å². The average molecular weight is 360 g/mol. The number of nitrogens with zero attached hydrogens (tertiary/aromatic N) is 1. The van der Waals surface area contributed by atoms with Gasteiger partial charge in [-0.2, -0.15) is 0 Å². The van der Waals surface area contributed by atoms with Crippen LogP contribution in [-0.4, -0.2) is 49.0 Å². The van der Waals surface area contributed by atoms with Crippen molar-refractivity contribution in [1.29, 1.82) is 0 Å². The second kappa shape index (κ2) is 9.38. The van der Waals surface area contributed by atoms with Crippen LogP contribution in [-0.2, 0) is 4.74 Å². The fourth-order valence-corrected chi connectivity index (χ4v) is 3.95. The van der Waals surface area contributed by atoms with Crippen molar-refractivity contribution in [3.63, 3.8) is 0 Å². The van der Waals surface area contributed by atoms with Crippen LogP contribution < -0.4 is 10.6 Å². The molecule has 2 aliphatic rings. The Morgan fingerprint density at radius 3 is 2.50 bits per heavy atom. The van der Waals surface area contributed by atoms with Gasteiger partial charge in [-0.15, -0.1) is 0 Å². The first-order valence-corrected chi connectivity index (χ1v) is 10.1. The van der Waals surface area contributed by atoms with Crippen LogP contribution in [0.15, 0.2) is 35.3 Å². The zero-order valence-corrected chi connectivity index (χ0v) is 15.9.